The molecule has 0 saturated carbocycles. The minimum Gasteiger partial charge on any atom is -0.497 e. The molecule has 0 fully saturated rings. The van der Waals surface area contributed by atoms with E-state index in [1.165, 1.54) is 0 Å². The van der Waals surface area contributed by atoms with E-state index in [0.29, 0.717) is 33.9 Å². The molecule has 8 nitrogen and oxygen atoms in total. The van der Waals surface area contributed by atoms with E-state index in [4.69, 9.17) is 9.47 Å². The average molecular weight is 356 g/mol. The van der Waals surface area contributed by atoms with Crippen molar-refractivity contribution in [1.82, 2.24) is 9.97 Å². The zero-order chi connectivity index (χ0) is 18.7. The monoisotopic (exact) mass is 356 g/mol. The molecule has 4 N–H and O–H groups in total. The van der Waals surface area contributed by atoms with Gasteiger partial charge in [-0.1, -0.05) is 0 Å². The molecule has 0 aliphatic carbocycles. The lowest BCUT2D eigenvalue weighted by Gasteiger charge is -2.17. The summed E-state index contributed by atoms with van der Waals surface area (Å²) in [4.78, 5) is 29.1. The van der Waals surface area contributed by atoms with Crippen LogP contribution in [0.5, 0.6) is 11.5 Å². The van der Waals surface area contributed by atoms with E-state index >= 15 is 0 Å². The first kappa shape index (κ1) is 17.4. The van der Waals surface area contributed by atoms with Crippen molar-refractivity contribution >= 4 is 28.3 Å². The van der Waals surface area contributed by atoms with Crippen LogP contribution in [0.15, 0.2) is 41.2 Å². The van der Waals surface area contributed by atoms with Crippen LogP contribution in [-0.2, 0) is 4.79 Å². The molecule has 3 rings (SSSR count). The molecule has 26 heavy (non-hydrogen) atoms. The van der Waals surface area contributed by atoms with E-state index in [2.05, 4.69) is 20.6 Å². The topological polar surface area (TPSA) is 108 Å². The Morgan fingerprint density at radius 1 is 0.962 bits per heavy atom. The van der Waals surface area contributed by atoms with Gasteiger partial charge in [-0.15, -0.1) is 0 Å². The lowest BCUT2D eigenvalue weighted by atomic mass is 10.2. The fourth-order valence-corrected chi connectivity index (χ4v) is 2.57. The number of methoxy groups -OCH3 is 2. The molecule has 8 heteroatoms. The minimum absolute atomic E-state index is 0.219. The molecular formula is C18H20N4O4. The standard InChI is InChI=1S/C18H20N4O4/c1-10(19-12-6-13(25-2)9-14(7-12)26-3)17(23)20-11-4-5-15-16(8-11)22-18(24)21-15/h4-10,19H,1-3H3,(H,20,23)(H2,21,22,24)/t10-/m0/s1. The van der Waals surface area contributed by atoms with Crippen LogP contribution in [0.2, 0.25) is 0 Å². The molecule has 3 aromatic rings. The summed E-state index contributed by atoms with van der Waals surface area (Å²) in [6, 6.07) is 9.97. The van der Waals surface area contributed by atoms with Crippen molar-refractivity contribution in [2.24, 2.45) is 0 Å². The predicted octanol–water partition coefficient (Wildman–Crippen LogP) is 2.31. The Hall–Kier alpha value is -3.42. The highest BCUT2D eigenvalue weighted by Crippen LogP contribution is 2.26. The van der Waals surface area contributed by atoms with Gasteiger partial charge in [-0.25, -0.2) is 4.79 Å². The van der Waals surface area contributed by atoms with Gasteiger partial charge < -0.3 is 30.1 Å². The maximum Gasteiger partial charge on any atom is 0.323 e. The smallest absolute Gasteiger partial charge is 0.323 e. The highest BCUT2D eigenvalue weighted by Gasteiger charge is 2.14. The SMILES string of the molecule is COc1cc(N[C@@H](C)C(=O)Nc2ccc3[nH]c(=O)[nH]c3c2)cc(OC)c1. The maximum absolute atomic E-state index is 12.5. The van der Waals surface area contributed by atoms with Gasteiger partial charge in [-0.3, -0.25) is 4.79 Å². The van der Waals surface area contributed by atoms with Crippen molar-refractivity contribution in [3.8, 4) is 11.5 Å². The molecule has 0 aliphatic heterocycles. The van der Waals surface area contributed by atoms with Crippen LogP contribution < -0.4 is 25.8 Å². The van der Waals surface area contributed by atoms with E-state index in [9.17, 15) is 9.59 Å². The molecule has 0 spiro atoms. The summed E-state index contributed by atoms with van der Waals surface area (Å²) in [6.07, 6.45) is 0. The van der Waals surface area contributed by atoms with Gasteiger partial charge in [0.05, 0.1) is 25.3 Å². The van der Waals surface area contributed by atoms with Gasteiger partial charge in [0.1, 0.15) is 17.5 Å². The summed E-state index contributed by atoms with van der Waals surface area (Å²) in [5.41, 5.74) is 2.32. The number of aromatic nitrogens is 2. The Morgan fingerprint density at radius 3 is 2.27 bits per heavy atom. The second-order valence-electron chi connectivity index (χ2n) is 5.80. The van der Waals surface area contributed by atoms with Crippen LogP contribution in [0.3, 0.4) is 0 Å². The fourth-order valence-electron chi connectivity index (χ4n) is 2.57. The number of amides is 1. The number of ether oxygens (including phenoxy) is 2. The Kier molecular flexibility index (Phi) is 4.83. The Bertz CT molecular complexity index is 970. The number of nitrogens with one attached hydrogen (secondary N) is 4. The largest absolute Gasteiger partial charge is 0.497 e. The third kappa shape index (κ3) is 3.80. The van der Waals surface area contributed by atoms with Crippen molar-refractivity contribution in [2.75, 3.05) is 24.9 Å². The van der Waals surface area contributed by atoms with E-state index < -0.39 is 6.04 Å². The predicted molar refractivity (Wildman–Crippen MR) is 100 cm³/mol. The van der Waals surface area contributed by atoms with Gasteiger partial charge in [0.15, 0.2) is 0 Å². The molecule has 1 heterocycles. The molecule has 0 unspecified atom stereocenters. The molecule has 1 amide bonds. The average Bonchev–Trinajstić information content (AvgIpc) is 3.00. The lowest BCUT2D eigenvalue weighted by molar-refractivity contribution is -0.116. The maximum atomic E-state index is 12.5. The lowest BCUT2D eigenvalue weighted by Crippen LogP contribution is -2.31. The van der Waals surface area contributed by atoms with Crippen molar-refractivity contribution in [3.05, 3.63) is 46.9 Å². The summed E-state index contributed by atoms with van der Waals surface area (Å²) < 4.78 is 10.5. The molecule has 2 aromatic carbocycles. The van der Waals surface area contributed by atoms with Gasteiger partial charge in [0, 0.05) is 29.6 Å². The number of carbonyl (C=O) groups is 1. The summed E-state index contributed by atoms with van der Waals surface area (Å²) >= 11 is 0. The number of rotatable bonds is 6. The number of H-pyrrole nitrogens is 2. The Morgan fingerprint density at radius 2 is 1.62 bits per heavy atom. The van der Waals surface area contributed by atoms with Gasteiger partial charge >= 0.3 is 5.69 Å². The third-order valence-electron chi connectivity index (χ3n) is 3.91. The summed E-state index contributed by atoms with van der Waals surface area (Å²) in [5, 5.41) is 5.94. The van der Waals surface area contributed by atoms with Crippen LogP contribution in [0.25, 0.3) is 11.0 Å². The molecular weight excluding hydrogens is 336 g/mol. The van der Waals surface area contributed by atoms with Crippen LogP contribution in [0.1, 0.15) is 6.92 Å². The number of imidazole rings is 1. The van der Waals surface area contributed by atoms with Crippen molar-refractivity contribution in [1.29, 1.82) is 0 Å². The zero-order valence-corrected chi connectivity index (χ0v) is 14.7. The quantitative estimate of drug-likeness (QED) is 0.542. The number of carbonyl (C=O) groups excluding carboxylic acids is 1. The normalized spacial score (nSPS) is 11.8. The van der Waals surface area contributed by atoms with Crippen LogP contribution in [0, 0.1) is 0 Å². The molecule has 0 aliphatic rings. The molecule has 0 bridgehead atoms. The van der Waals surface area contributed by atoms with Crippen LogP contribution in [0.4, 0.5) is 11.4 Å². The van der Waals surface area contributed by atoms with E-state index in [1.54, 1.807) is 57.5 Å². The van der Waals surface area contributed by atoms with E-state index in [-0.39, 0.29) is 11.6 Å². The van der Waals surface area contributed by atoms with Crippen LogP contribution in [-0.4, -0.2) is 36.1 Å². The number of benzene rings is 2. The van der Waals surface area contributed by atoms with Crippen LogP contribution >= 0.6 is 0 Å². The molecule has 0 radical (unpaired) electrons. The van der Waals surface area contributed by atoms with Crippen molar-refractivity contribution < 1.29 is 14.3 Å². The number of aromatic amines is 2. The highest BCUT2D eigenvalue weighted by molar-refractivity contribution is 5.97. The van der Waals surface area contributed by atoms with Crippen molar-refractivity contribution in [3.63, 3.8) is 0 Å². The zero-order valence-electron chi connectivity index (χ0n) is 14.7. The summed E-state index contributed by atoms with van der Waals surface area (Å²) in [6.45, 7) is 1.75. The van der Waals surface area contributed by atoms with Gasteiger partial charge in [-0.05, 0) is 25.1 Å². The number of fused-ring (bicyclic) bond motifs is 1. The first-order chi connectivity index (χ1) is 12.5. The van der Waals surface area contributed by atoms with Gasteiger partial charge in [0.2, 0.25) is 5.91 Å². The molecule has 136 valence electrons. The highest BCUT2D eigenvalue weighted by atomic mass is 16.5. The van der Waals surface area contributed by atoms with E-state index in [0.717, 1.165) is 0 Å². The first-order valence-corrected chi connectivity index (χ1v) is 8.01. The fraction of sp³-hybridized carbons (Fsp3) is 0.222. The molecule has 1 atom stereocenters. The summed E-state index contributed by atoms with van der Waals surface area (Å²) in [7, 11) is 3.13. The number of hydrogen-bond donors (Lipinski definition) is 4. The van der Waals surface area contributed by atoms with E-state index in [1.807, 2.05) is 0 Å². The van der Waals surface area contributed by atoms with Gasteiger partial charge in [0.25, 0.3) is 0 Å². The van der Waals surface area contributed by atoms with Crippen molar-refractivity contribution in [2.45, 2.75) is 13.0 Å². The summed E-state index contributed by atoms with van der Waals surface area (Å²) in [5.74, 6) is 1.03. The molecule has 1 aromatic heterocycles. The number of hydrogen-bond acceptors (Lipinski definition) is 5. The molecule has 0 saturated heterocycles. The second-order valence-corrected chi connectivity index (χ2v) is 5.80. The van der Waals surface area contributed by atoms with Gasteiger partial charge in [-0.2, -0.15) is 0 Å². The number of anilines is 2. The Labute approximate surface area is 149 Å². The first-order valence-electron chi connectivity index (χ1n) is 8.01. The minimum atomic E-state index is -0.507. The Balaban J connectivity index is 1.71. The third-order valence-corrected chi connectivity index (χ3v) is 3.91. The second kappa shape index (κ2) is 7.22.